The van der Waals surface area contributed by atoms with Crippen LogP contribution in [0.15, 0.2) is 14.9 Å². The Hall–Kier alpha value is -0.750. The zero-order chi connectivity index (χ0) is 9.26. The van der Waals surface area contributed by atoms with Crippen molar-refractivity contribution in [2.45, 2.75) is 6.54 Å². The molecule has 13 heavy (non-hydrogen) atoms. The van der Waals surface area contributed by atoms with Gasteiger partial charge in [0.15, 0.2) is 5.43 Å². The number of nitrogens with two attached hydrogens (primary N) is 1. The number of rotatable bonds is 1. The van der Waals surface area contributed by atoms with Crippen molar-refractivity contribution < 1.29 is 0 Å². The molecular weight excluding hydrogens is 279 g/mol. The van der Waals surface area contributed by atoms with Gasteiger partial charge in [-0.2, -0.15) is 0 Å². The molecule has 0 aliphatic carbocycles. The molecule has 0 unspecified atom stereocenters. The van der Waals surface area contributed by atoms with E-state index in [9.17, 15) is 4.79 Å². The molecule has 0 atom stereocenters. The van der Waals surface area contributed by atoms with Crippen molar-refractivity contribution in [3.8, 4) is 0 Å². The molecule has 2 heterocycles. The van der Waals surface area contributed by atoms with Gasteiger partial charge in [0.1, 0.15) is 0 Å². The highest BCUT2D eigenvalue weighted by Gasteiger charge is 2.05. The lowest BCUT2D eigenvalue weighted by atomic mass is 10.2. The van der Waals surface area contributed by atoms with Crippen LogP contribution >= 0.6 is 20.7 Å². The van der Waals surface area contributed by atoms with Gasteiger partial charge in [-0.3, -0.25) is 4.79 Å². The van der Waals surface area contributed by atoms with E-state index in [1.807, 2.05) is 6.08 Å². The summed E-state index contributed by atoms with van der Waals surface area (Å²) in [5.74, 6) is 0. The smallest absolute Gasteiger partial charge is 0.189 e. The SMILES string of the molecule is NCc1cc(=O)c2c([nH]1)C=IC=C2. The number of H-pyrrole nitrogens is 1. The lowest BCUT2D eigenvalue weighted by Crippen LogP contribution is -2.14. The third kappa shape index (κ3) is 1.64. The number of hydrogen-bond donors (Lipinski definition) is 2. The average molecular weight is 288 g/mol. The minimum atomic E-state index is -0.0216. The molecular formula is C9H9IN2O. The molecule has 0 bridgehead atoms. The monoisotopic (exact) mass is 288 g/mol. The fourth-order valence-corrected chi connectivity index (χ4v) is 2.84. The van der Waals surface area contributed by atoms with Gasteiger partial charge in [0, 0.05) is 23.9 Å². The molecule has 3 nitrogen and oxygen atoms in total. The predicted octanol–water partition coefficient (Wildman–Crippen LogP) is 0.939. The molecule has 0 saturated heterocycles. The second-order valence-electron chi connectivity index (χ2n) is 2.72. The van der Waals surface area contributed by atoms with Crippen molar-refractivity contribution >= 4 is 30.8 Å². The summed E-state index contributed by atoms with van der Waals surface area (Å²) in [5.41, 5.74) is 8.04. The number of pyridine rings is 1. The van der Waals surface area contributed by atoms with Crippen molar-refractivity contribution in [3.63, 3.8) is 0 Å². The Bertz CT molecular complexity index is 445. The van der Waals surface area contributed by atoms with E-state index >= 15 is 0 Å². The van der Waals surface area contributed by atoms with Gasteiger partial charge in [-0.15, -0.1) is 0 Å². The van der Waals surface area contributed by atoms with Crippen molar-refractivity contribution in [2.75, 3.05) is 0 Å². The van der Waals surface area contributed by atoms with Gasteiger partial charge in [-0.25, -0.2) is 0 Å². The van der Waals surface area contributed by atoms with E-state index in [0.717, 1.165) is 17.0 Å². The zero-order valence-corrected chi connectivity index (χ0v) is 9.04. The molecule has 0 saturated carbocycles. The molecule has 1 aromatic heterocycles. The molecule has 1 aliphatic heterocycles. The van der Waals surface area contributed by atoms with Crippen LogP contribution in [0.4, 0.5) is 0 Å². The summed E-state index contributed by atoms with van der Waals surface area (Å²) in [6.07, 6.45) is 1.90. The Morgan fingerprint density at radius 1 is 1.54 bits per heavy atom. The Morgan fingerprint density at radius 3 is 3.15 bits per heavy atom. The van der Waals surface area contributed by atoms with Crippen LogP contribution in [0.5, 0.6) is 0 Å². The van der Waals surface area contributed by atoms with Crippen LogP contribution in [-0.2, 0) is 6.54 Å². The van der Waals surface area contributed by atoms with E-state index in [4.69, 9.17) is 5.73 Å². The van der Waals surface area contributed by atoms with Crippen LogP contribution in [0.3, 0.4) is 0 Å². The van der Waals surface area contributed by atoms with Gasteiger partial charge in [0.2, 0.25) is 0 Å². The minimum absolute atomic E-state index is 0.0216. The van der Waals surface area contributed by atoms with Crippen molar-refractivity contribution in [1.82, 2.24) is 4.98 Å². The Morgan fingerprint density at radius 2 is 2.38 bits per heavy atom. The molecule has 0 spiro atoms. The minimum Gasteiger partial charge on any atom is -0.357 e. The third-order valence-corrected chi connectivity index (χ3v) is 3.61. The van der Waals surface area contributed by atoms with Crippen LogP contribution in [0, 0.1) is 0 Å². The van der Waals surface area contributed by atoms with E-state index < -0.39 is 0 Å². The van der Waals surface area contributed by atoms with E-state index in [1.165, 1.54) is 0 Å². The van der Waals surface area contributed by atoms with Gasteiger partial charge in [0.25, 0.3) is 0 Å². The number of aromatic nitrogens is 1. The van der Waals surface area contributed by atoms with Crippen LogP contribution < -0.4 is 11.2 Å². The van der Waals surface area contributed by atoms with Gasteiger partial charge >= 0.3 is 0 Å². The fraction of sp³-hybridized carbons (Fsp3) is 0.111. The molecule has 0 radical (unpaired) electrons. The lowest BCUT2D eigenvalue weighted by molar-refractivity contribution is 0.980. The first-order valence-corrected chi connectivity index (χ1v) is 6.38. The summed E-state index contributed by atoms with van der Waals surface area (Å²) in [6.45, 7) is 0.387. The molecule has 1 aromatic rings. The lowest BCUT2D eigenvalue weighted by Gasteiger charge is -2.06. The van der Waals surface area contributed by atoms with E-state index in [2.05, 4.69) is 13.1 Å². The van der Waals surface area contributed by atoms with Crippen LogP contribution in [0.25, 0.3) is 6.08 Å². The normalized spacial score (nSPS) is 13.6. The number of fused-ring (bicyclic) bond motifs is 1. The number of nitrogens with one attached hydrogen (secondary N) is 1. The Balaban J connectivity index is 2.69. The maximum Gasteiger partial charge on any atom is 0.189 e. The molecule has 2 rings (SSSR count). The number of aromatic amines is 1. The fourth-order valence-electron chi connectivity index (χ4n) is 1.21. The van der Waals surface area contributed by atoms with E-state index in [1.54, 1.807) is 6.07 Å². The summed E-state index contributed by atoms with van der Waals surface area (Å²) < 4.78 is 4.19. The van der Waals surface area contributed by atoms with Crippen LogP contribution in [-0.4, -0.2) is 9.00 Å². The highest BCUT2D eigenvalue weighted by atomic mass is 127. The first-order valence-electron chi connectivity index (χ1n) is 3.89. The standard InChI is InChI=1S/C9H9IN2O/c11-5-6-3-9(13)7-1-2-10-4-8(7)12-6/h1-4H,5,11H2,(H,12,13). The molecule has 0 fully saturated rings. The maximum atomic E-state index is 11.5. The summed E-state index contributed by atoms with van der Waals surface area (Å²) in [6, 6.07) is 1.57. The first-order chi connectivity index (χ1) is 6.31. The molecule has 0 amide bonds. The number of halogens is 1. The van der Waals surface area contributed by atoms with Gasteiger partial charge in [-0.1, -0.05) is 20.7 Å². The Labute approximate surface area is 85.4 Å². The van der Waals surface area contributed by atoms with E-state index in [-0.39, 0.29) is 26.2 Å². The predicted molar refractivity (Wildman–Crippen MR) is 63.2 cm³/mol. The molecule has 4 heteroatoms. The first kappa shape index (κ1) is 8.83. The zero-order valence-electron chi connectivity index (χ0n) is 6.88. The van der Waals surface area contributed by atoms with Crippen LogP contribution in [0.1, 0.15) is 17.0 Å². The van der Waals surface area contributed by atoms with Crippen molar-refractivity contribution in [2.24, 2.45) is 5.73 Å². The van der Waals surface area contributed by atoms with E-state index in [0.29, 0.717) is 6.54 Å². The average Bonchev–Trinajstić information content (AvgIpc) is 2.18. The molecule has 3 N–H and O–H groups in total. The van der Waals surface area contributed by atoms with Crippen molar-refractivity contribution in [3.05, 3.63) is 37.3 Å². The molecule has 1 aliphatic rings. The molecule has 0 aromatic carbocycles. The highest BCUT2D eigenvalue weighted by Crippen LogP contribution is 2.14. The summed E-state index contributed by atoms with van der Waals surface area (Å²) in [5, 5.41) is 0. The summed E-state index contributed by atoms with van der Waals surface area (Å²) in [7, 11) is 0. The Kier molecular flexibility index (Phi) is 2.41. The van der Waals surface area contributed by atoms with Gasteiger partial charge in [-0.05, 0) is 14.2 Å². The summed E-state index contributed by atoms with van der Waals surface area (Å²) >= 11 is -0.0216. The van der Waals surface area contributed by atoms with Crippen LogP contribution in [0.2, 0.25) is 0 Å². The maximum absolute atomic E-state index is 11.5. The highest BCUT2D eigenvalue weighted by molar-refractivity contribution is 14.2. The largest absolute Gasteiger partial charge is 0.357 e. The quantitative estimate of drug-likeness (QED) is 0.756. The topological polar surface area (TPSA) is 58.9 Å². The second kappa shape index (κ2) is 3.55. The van der Waals surface area contributed by atoms with Crippen molar-refractivity contribution in [1.29, 1.82) is 0 Å². The third-order valence-electron chi connectivity index (χ3n) is 1.85. The van der Waals surface area contributed by atoms with Gasteiger partial charge < -0.3 is 10.7 Å². The summed E-state index contributed by atoms with van der Waals surface area (Å²) in [4.78, 5) is 14.7. The van der Waals surface area contributed by atoms with Gasteiger partial charge in [0.05, 0.1) is 5.69 Å². The number of hydrogen-bond acceptors (Lipinski definition) is 2. The second-order valence-corrected chi connectivity index (χ2v) is 4.78. The molecule has 68 valence electrons.